The van der Waals surface area contributed by atoms with Gasteiger partial charge in [0.15, 0.2) is 10.2 Å². The van der Waals surface area contributed by atoms with Crippen molar-refractivity contribution in [3.8, 4) is 0 Å². The molecule has 0 aromatic heterocycles. The lowest BCUT2D eigenvalue weighted by molar-refractivity contribution is -0.130. The fourth-order valence-corrected chi connectivity index (χ4v) is 3.39. The quantitative estimate of drug-likeness (QED) is 0.561. The van der Waals surface area contributed by atoms with E-state index in [9.17, 15) is 19.2 Å². The van der Waals surface area contributed by atoms with Crippen LogP contribution >= 0.6 is 23.5 Å². The van der Waals surface area contributed by atoms with Gasteiger partial charge in [-0.2, -0.15) is 0 Å². The van der Waals surface area contributed by atoms with E-state index in [2.05, 4.69) is 5.32 Å². The first-order valence-electron chi connectivity index (χ1n) is 8.30. The van der Waals surface area contributed by atoms with Crippen molar-refractivity contribution in [3.05, 3.63) is 0 Å². The third-order valence-electron chi connectivity index (χ3n) is 3.19. The molecule has 24 heavy (non-hydrogen) atoms. The molecule has 0 aliphatic carbocycles. The molecule has 1 N–H and O–H groups in total. The first-order chi connectivity index (χ1) is 11.4. The molecule has 0 rings (SSSR count). The van der Waals surface area contributed by atoms with Crippen molar-refractivity contribution >= 4 is 45.6 Å². The van der Waals surface area contributed by atoms with Crippen LogP contribution in [0.2, 0.25) is 0 Å². The Morgan fingerprint density at radius 3 is 1.75 bits per heavy atom. The van der Waals surface area contributed by atoms with Crippen LogP contribution in [0.4, 0.5) is 0 Å². The van der Waals surface area contributed by atoms with Crippen LogP contribution in [-0.4, -0.2) is 58.1 Å². The molecular formula is C16H28N2O4S2. The SMILES string of the molecule is CCNC(=O)CCSC(=O)CCC(=O)SCCC(=O)N(CC)CC. The topological polar surface area (TPSA) is 83.5 Å². The number of hydrogen-bond donors (Lipinski definition) is 1. The van der Waals surface area contributed by atoms with E-state index in [1.54, 1.807) is 4.90 Å². The van der Waals surface area contributed by atoms with Crippen molar-refractivity contribution in [1.29, 1.82) is 0 Å². The molecule has 2 amide bonds. The van der Waals surface area contributed by atoms with E-state index < -0.39 is 0 Å². The second-order valence-corrected chi connectivity index (χ2v) is 7.27. The number of amides is 2. The van der Waals surface area contributed by atoms with E-state index in [4.69, 9.17) is 0 Å². The summed E-state index contributed by atoms with van der Waals surface area (Å²) in [6.45, 7) is 7.63. The number of carbonyl (C=O) groups excluding carboxylic acids is 4. The zero-order chi connectivity index (χ0) is 18.4. The van der Waals surface area contributed by atoms with Crippen molar-refractivity contribution in [2.45, 2.75) is 46.5 Å². The summed E-state index contributed by atoms with van der Waals surface area (Å²) in [5, 5.41) is 2.52. The molecule has 0 aromatic carbocycles. The molecule has 0 aliphatic heterocycles. The number of hydrogen-bond acceptors (Lipinski definition) is 6. The molecule has 0 saturated carbocycles. The molecule has 0 fully saturated rings. The molecular weight excluding hydrogens is 348 g/mol. The second-order valence-electron chi connectivity index (χ2n) is 4.96. The molecule has 0 bridgehead atoms. The van der Waals surface area contributed by atoms with Crippen LogP contribution < -0.4 is 5.32 Å². The first-order valence-corrected chi connectivity index (χ1v) is 10.3. The molecule has 0 unspecified atom stereocenters. The Labute approximate surface area is 152 Å². The second kappa shape index (κ2) is 14.3. The molecule has 0 aliphatic rings. The van der Waals surface area contributed by atoms with Gasteiger partial charge in [0.05, 0.1) is 0 Å². The smallest absolute Gasteiger partial charge is 0.223 e. The molecule has 0 atom stereocenters. The minimum Gasteiger partial charge on any atom is -0.356 e. The van der Waals surface area contributed by atoms with Gasteiger partial charge in [0, 0.05) is 56.8 Å². The summed E-state index contributed by atoms with van der Waals surface area (Å²) in [5.74, 6) is 0.872. The van der Waals surface area contributed by atoms with Crippen molar-refractivity contribution in [1.82, 2.24) is 10.2 Å². The largest absolute Gasteiger partial charge is 0.356 e. The third-order valence-corrected chi connectivity index (χ3v) is 5.06. The molecule has 6 nitrogen and oxygen atoms in total. The minimum absolute atomic E-state index is 0.0530. The van der Waals surface area contributed by atoms with Gasteiger partial charge in [0.25, 0.3) is 0 Å². The van der Waals surface area contributed by atoms with Gasteiger partial charge in [-0.3, -0.25) is 19.2 Å². The maximum atomic E-state index is 11.8. The standard InChI is InChI=1S/C16H28N2O4S2/c1-4-17-13(19)9-11-23-15(21)7-8-16(22)24-12-10-14(20)18(5-2)6-3/h4-12H2,1-3H3,(H,17,19). The minimum atomic E-state index is -0.0764. The van der Waals surface area contributed by atoms with Gasteiger partial charge in [-0.15, -0.1) is 0 Å². The Morgan fingerprint density at radius 2 is 1.29 bits per heavy atom. The van der Waals surface area contributed by atoms with Gasteiger partial charge in [0.1, 0.15) is 0 Å². The normalized spacial score (nSPS) is 10.3. The van der Waals surface area contributed by atoms with Crippen LogP contribution in [0, 0.1) is 0 Å². The van der Waals surface area contributed by atoms with Crippen molar-refractivity contribution in [2.75, 3.05) is 31.1 Å². The monoisotopic (exact) mass is 376 g/mol. The summed E-state index contributed by atoms with van der Waals surface area (Å²) in [6.07, 6.45) is 1.00. The van der Waals surface area contributed by atoms with Gasteiger partial charge in [-0.1, -0.05) is 23.5 Å². The van der Waals surface area contributed by atoms with Crippen LogP contribution in [0.25, 0.3) is 0 Å². The maximum Gasteiger partial charge on any atom is 0.223 e. The lowest BCUT2D eigenvalue weighted by atomic mass is 10.4. The number of carbonyl (C=O) groups is 4. The maximum absolute atomic E-state index is 11.8. The first kappa shape index (κ1) is 23.0. The average Bonchev–Trinajstić information content (AvgIpc) is 2.54. The fraction of sp³-hybridized carbons (Fsp3) is 0.750. The van der Waals surface area contributed by atoms with E-state index in [0.717, 1.165) is 23.5 Å². The molecule has 0 heterocycles. The summed E-state index contributed by atoms with van der Waals surface area (Å²) in [6, 6.07) is 0. The molecule has 8 heteroatoms. The zero-order valence-corrected chi connectivity index (χ0v) is 16.4. The van der Waals surface area contributed by atoms with Gasteiger partial charge in [-0.25, -0.2) is 0 Å². The van der Waals surface area contributed by atoms with Gasteiger partial charge < -0.3 is 10.2 Å². The highest BCUT2D eigenvalue weighted by Gasteiger charge is 2.12. The van der Waals surface area contributed by atoms with Crippen molar-refractivity contribution in [2.24, 2.45) is 0 Å². The zero-order valence-electron chi connectivity index (χ0n) is 14.8. The van der Waals surface area contributed by atoms with Crippen molar-refractivity contribution < 1.29 is 19.2 Å². The summed E-state index contributed by atoms with van der Waals surface area (Å²) in [5.41, 5.74) is 0. The Bertz CT molecular complexity index is 426. The fourth-order valence-electron chi connectivity index (χ4n) is 1.88. The van der Waals surface area contributed by atoms with Crippen LogP contribution in [0.3, 0.4) is 0 Å². The number of nitrogens with zero attached hydrogens (tertiary/aromatic N) is 1. The van der Waals surface area contributed by atoms with Crippen LogP contribution in [0.1, 0.15) is 46.5 Å². The van der Waals surface area contributed by atoms with E-state index >= 15 is 0 Å². The van der Waals surface area contributed by atoms with Gasteiger partial charge >= 0.3 is 0 Å². The van der Waals surface area contributed by atoms with E-state index in [1.807, 2.05) is 20.8 Å². The summed E-state index contributed by atoms with van der Waals surface area (Å²) in [4.78, 5) is 48.1. The predicted molar refractivity (Wildman–Crippen MR) is 100 cm³/mol. The average molecular weight is 377 g/mol. The molecule has 0 radical (unpaired) electrons. The highest BCUT2D eigenvalue weighted by Crippen LogP contribution is 2.14. The Morgan fingerprint density at radius 1 is 0.792 bits per heavy atom. The summed E-state index contributed by atoms with van der Waals surface area (Å²) < 4.78 is 0. The van der Waals surface area contributed by atoms with Gasteiger partial charge in [0.2, 0.25) is 11.8 Å². The summed E-state index contributed by atoms with van der Waals surface area (Å²) in [7, 11) is 0. The van der Waals surface area contributed by atoms with Gasteiger partial charge in [-0.05, 0) is 20.8 Å². The number of nitrogens with one attached hydrogen (secondary N) is 1. The molecule has 0 saturated heterocycles. The predicted octanol–water partition coefficient (Wildman–Crippen LogP) is 2.07. The van der Waals surface area contributed by atoms with E-state index in [-0.39, 0.29) is 34.9 Å². The molecule has 0 aromatic rings. The Hall–Kier alpha value is -1.02. The highest BCUT2D eigenvalue weighted by atomic mass is 32.2. The van der Waals surface area contributed by atoms with Crippen LogP contribution in [0.15, 0.2) is 0 Å². The van der Waals surface area contributed by atoms with Crippen LogP contribution in [0.5, 0.6) is 0 Å². The molecule has 138 valence electrons. The lowest BCUT2D eigenvalue weighted by Crippen LogP contribution is -2.30. The summed E-state index contributed by atoms with van der Waals surface area (Å²) >= 11 is 2.20. The van der Waals surface area contributed by atoms with E-state index in [0.29, 0.717) is 44.0 Å². The highest BCUT2D eigenvalue weighted by molar-refractivity contribution is 8.14. The Balaban J connectivity index is 3.76. The van der Waals surface area contributed by atoms with Crippen molar-refractivity contribution in [3.63, 3.8) is 0 Å². The number of thioether (sulfide) groups is 2. The Kier molecular flexibility index (Phi) is 13.7. The third kappa shape index (κ3) is 11.5. The molecule has 0 spiro atoms. The van der Waals surface area contributed by atoms with E-state index in [1.165, 1.54) is 0 Å². The number of rotatable bonds is 12. The van der Waals surface area contributed by atoms with Crippen LogP contribution in [-0.2, 0) is 19.2 Å². The lowest BCUT2D eigenvalue weighted by Gasteiger charge is -2.18.